The molecule has 0 saturated heterocycles. The summed E-state index contributed by atoms with van der Waals surface area (Å²) in [5.41, 5.74) is 7.99. The summed E-state index contributed by atoms with van der Waals surface area (Å²) in [4.78, 5) is 4.11. The molecular formula is C20H21N3. The first-order chi connectivity index (χ1) is 11.2. The number of nitrogens with zero attached hydrogens (tertiary/aromatic N) is 2. The van der Waals surface area contributed by atoms with Gasteiger partial charge in [-0.25, -0.2) is 0 Å². The molecule has 3 nitrogen and oxygen atoms in total. The Morgan fingerprint density at radius 2 is 2.04 bits per heavy atom. The average Bonchev–Trinajstić information content (AvgIpc) is 2.89. The molecule has 23 heavy (non-hydrogen) atoms. The van der Waals surface area contributed by atoms with Crippen LogP contribution in [0.25, 0.3) is 22.7 Å². The molecule has 2 aromatic heterocycles. The fourth-order valence-corrected chi connectivity index (χ4v) is 3.47. The van der Waals surface area contributed by atoms with Crippen LogP contribution in [0.4, 0.5) is 0 Å². The summed E-state index contributed by atoms with van der Waals surface area (Å²) < 4.78 is 2.37. The minimum Gasteiger partial charge on any atom is -0.318 e. The lowest BCUT2D eigenvalue weighted by atomic mass is 10.0. The number of rotatable bonds is 2. The Bertz CT molecular complexity index is 888. The van der Waals surface area contributed by atoms with Gasteiger partial charge in [0.25, 0.3) is 0 Å². The summed E-state index contributed by atoms with van der Waals surface area (Å²) in [7, 11) is 0. The fourth-order valence-electron chi connectivity index (χ4n) is 3.47. The second-order valence-electron chi connectivity index (χ2n) is 6.29. The molecule has 1 N–H and O–H groups in total. The van der Waals surface area contributed by atoms with Crippen molar-refractivity contribution in [1.82, 2.24) is 14.9 Å². The second-order valence-corrected chi connectivity index (χ2v) is 6.29. The first-order valence-corrected chi connectivity index (χ1v) is 8.16. The third-order valence-electron chi connectivity index (χ3n) is 4.68. The number of aromatic nitrogens is 2. The number of pyridine rings is 1. The van der Waals surface area contributed by atoms with E-state index in [-0.39, 0.29) is 0 Å². The predicted octanol–water partition coefficient (Wildman–Crippen LogP) is 4.01. The van der Waals surface area contributed by atoms with E-state index < -0.39 is 0 Å². The van der Waals surface area contributed by atoms with Crippen molar-refractivity contribution in [3.63, 3.8) is 0 Å². The van der Waals surface area contributed by atoms with Gasteiger partial charge in [-0.15, -0.1) is 0 Å². The maximum absolute atomic E-state index is 4.11. The first kappa shape index (κ1) is 14.2. The van der Waals surface area contributed by atoms with Gasteiger partial charge in [0.2, 0.25) is 0 Å². The van der Waals surface area contributed by atoms with Crippen LogP contribution in [0.3, 0.4) is 0 Å². The molecule has 0 saturated carbocycles. The Labute approximate surface area is 136 Å². The van der Waals surface area contributed by atoms with Gasteiger partial charge in [-0.3, -0.25) is 4.98 Å². The molecule has 1 aliphatic heterocycles. The van der Waals surface area contributed by atoms with Gasteiger partial charge in [-0.05, 0) is 67.8 Å². The van der Waals surface area contributed by atoms with Crippen LogP contribution in [0.15, 0.2) is 42.7 Å². The lowest BCUT2D eigenvalue weighted by Gasteiger charge is -2.16. The van der Waals surface area contributed by atoms with Gasteiger partial charge < -0.3 is 9.88 Å². The molecule has 0 atom stereocenters. The molecule has 3 aromatic rings. The van der Waals surface area contributed by atoms with Crippen LogP contribution in [-0.4, -0.2) is 16.1 Å². The maximum Gasteiger partial charge on any atom is 0.0529 e. The summed E-state index contributed by atoms with van der Waals surface area (Å²) in [5, 5.41) is 4.91. The van der Waals surface area contributed by atoms with Gasteiger partial charge in [-0.2, -0.15) is 0 Å². The van der Waals surface area contributed by atoms with Crippen molar-refractivity contribution < 1.29 is 0 Å². The second kappa shape index (κ2) is 5.67. The van der Waals surface area contributed by atoms with Gasteiger partial charge in [0.05, 0.1) is 5.52 Å². The van der Waals surface area contributed by atoms with E-state index in [1.54, 1.807) is 0 Å². The smallest absolute Gasteiger partial charge is 0.0529 e. The summed E-state index contributed by atoms with van der Waals surface area (Å²) in [6.45, 7) is 6.33. The summed E-state index contributed by atoms with van der Waals surface area (Å²) >= 11 is 0. The van der Waals surface area contributed by atoms with Gasteiger partial charge in [-0.1, -0.05) is 11.6 Å². The molecule has 1 aliphatic rings. The summed E-state index contributed by atoms with van der Waals surface area (Å²) in [6, 6.07) is 10.9. The monoisotopic (exact) mass is 303 g/mol. The third-order valence-corrected chi connectivity index (χ3v) is 4.68. The Balaban J connectivity index is 1.93. The van der Waals surface area contributed by atoms with E-state index in [1.165, 1.54) is 38.9 Å². The predicted molar refractivity (Wildman–Crippen MR) is 96.2 cm³/mol. The maximum atomic E-state index is 4.11. The quantitative estimate of drug-likeness (QED) is 0.775. The highest BCUT2D eigenvalue weighted by Gasteiger charge is 2.19. The molecule has 3 heteroatoms. The molecule has 4 rings (SSSR count). The highest BCUT2D eigenvalue weighted by Crippen LogP contribution is 2.31. The molecule has 116 valence electrons. The Kier molecular flexibility index (Phi) is 3.50. The van der Waals surface area contributed by atoms with Crippen LogP contribution in [0, 0.1) is 6.92 Å². The van der Waals surface area contributed by atoms with Crippen LogP contribution < -0.4 is 5.32 Å². The average molecular weight is 303 g/mol. The number of hydrogen-bond acceptors (Lipinski definition) is 2. The van der Waals surface area contributed by atoms with Gasteiger partial charge in [0.15, 0.2) is 0 Å². The molecule has 3 heterocycles. The minimum atomic E-state index is 0.934. The van der Waals surface area contributed by atoms with Crippen LogP contribution in [0.5, 0.6) is 0 Å². The number of aryl methyl sites for hydroxylation is 1. The number of nitrogens with one attached hydrogen (secondary N) is 1. The third kappa shape index (κ3) is 2.47. The largest absolute Gasteiger partial charge is 0.318 e. The van der Waals surface area contributed by atoms with E-state index in [9.17, 15) is 0 Å². The molecule has 0 spiro atoms. The van der Waals surface area contributed by atoms with E-state index in [2.05, 4.69) is 65.2 Å². The van der Waals surface area contributed by atoms with Crippen molar-refractivity contribution >= 4 is 22.7 Å². The molecule has 0 fully saturated rings. The summed E-state index contributed by atoms with van der Waals surface area (Å²) in [6.07, 6.45) is 7.06. The highest BCUT2D eigenvalue weighted by atomic mass is 15.0. The SMILES string of the molecule is CC(=Cn1c2c(c3cc(C)ccc31)CCNC2)c1ccncc1. The van der Waals surface area contributed by atoms with E-state index >= 15 is 0 Å². The number of fused-ring (bicyclic) bond motifs is 3. The molecule has 0 radical (unpaired) electrons. The topological polar surface area (TPSA) is 29.9 Å². The zero-order valence-corrected chi connectivity index (χ0v) is 13.6. The van der Waals surface area contributed by atoms with E-state index in [0.717, 1.165) is 19.5 Å². The van der Waals surface area contributed by atoms with Crippen molar-refractivity contribution in [1.29, 1.82) is 0 Å². The van der Waals surface area contributed by atoms with Crippen LogP contribution in [0.2, 0.25) is 0 Å². The molecule has 0 aliphatic carbocycles. The van der Waals surface area contributed by atoms with Crippen molar-refractivity contribution in [3.8, 4) is 0 Å². The lowest BCUT2D eigenvalue weighted by Crippen LogP contribution is -2.24. The van der Waals surface area contributed by atoms with Crippen LogP contribution in [0.1, 0.15) is 29.3 Å². The zero-order valence-electron chi connectivity index (χ0n) is 13.6. The highest BCUT2D eigenvalue weighted by molar-refractivity contribution is 5.90. The zero-order chi connectivity index (χ0) is 15.8. The van der Waals surface area contributed by atoms with Gasteiger partial charge in [0.1, 0.15) is 0 Å². The normalized spacial score (nSPS) is 15.0. The molecule has 0 bridgehead atoms. The van der Waals surface area contributed by atoms with Gasteiger partial charge in [0, 0.05) is 36.2 Å². The molecule has 1 aromatic carbocycles. The van der Waals surface area contributed by atoms with Crippen LogP contribution in [-0.2, 0) is 13.0 Å². The van der Waals surface area contributed by atoms with E-state index in [0.29, 0.717) is 0 Å². The molecular weight excluding hydrogens is 282 g/mol. The number of hydrogen-bond donors (Lipinski definition) is 1. The number of benzene rings is 1. The minimum absolute atomic E-state index is 0.934. The summed E-state index contributed by atoms with van der Waals surface area (Å²) in [5.74, 6) is 0. The van der Waals surface area contributed by atoms with E-state index in [4.69, 9.17) is 0 Å². The standard InChI is InChI=1S/C20H21N3/c1-14-3-4-19-18(11-14)17-7-10-22-12-20(17)23(19)13-15(2)16-5-8-21-9-6-16/h3-6,8-9,11,13,22H,7,10,12H2,1-2H3. The number of allylic oxidation sites excluding steroid dienone is 1. The van der Waals surface area contributed by atoms with Crippen molar-refractivity contribution in [2.75, 3.05) is 6.54 Å². The lowest BCUT2D eigenvalue weighted by molar-refractivity contribution is 0.629. The van der Waals surface area contributed by atoms with E-state index in [1.807, 2.05) is 12.4 Å². The Hall–Kier alpha value is -2.39. The Morgan fingerprint density at radius 3 is 2.87 bits per heavy atom. The van der Waals surface area contributed by atoms with Crippen molar-refractivity contribution in [2.45, 2.75) is 26.8 Å². The van der Waals surface area contributed by atoms with Crippen LogP contribution >= 0.6 is 0 Å². The molecule has 0 amide bonds. The van der Waals surface area contributed by atoms with Crippen molar-refractivity contribution in [3.05, 3.63) is 65.1 Å². The van der Waals surface area contributed by atoms with Gasteiger partial charge >= 0.3 is 0 Å². The fraction of sp³-hybridized carbons (Fsp3) is 0.250. The van der Waals surface area contributed by atoms with Crippen molar-refractivity contribution in [2.24, 2.45) is 0 Å². The Morgan fingerprint density at radius 1 is 1.22 bits per heavy atom. The molecule has 0 unspecified atom stereocenters. The first-order valence-electron chi connectivity index (χ1n) is 8.16.